The molecule has 128 valence electrons. The summed E-state index contributed by atoms with van der Waals surface area (Å²) in [6, 6.07) is 6.24. The van der Waals surface area contributed by atoms with E-state index in [-0.39, 0.29) is 0 Å². The molecular weight excluding hydrogens is 314 g/mol. The summed E-state index contributed by atoms with van der Waals surface area (Å²) in [5.74, 6) is -1.36. The Morgan fingerprint density at radius 2 is 1.92 bits per heavy atom. The Morgan fingerprint density at radius 3 is 2.46 bits per heavy atom. The molecule has 2 rings (SSSR count). The monoisotopic (exact) mass is 333 g/mol. The molecule has 1 unspecified atom stereocenters. The van der Waals surface area contributed by atoms with Crippen molar-refractivity contribution in [3.8, 4) is 0 Å². The van der Waals surface area contributed by atoms with E-state index in [2.05, 4.69) is 5.16 Å². The lowest BCUT2D eigenvalue weighted by atomic mass is 9.90. The standard InChI is InChI=1S/C16H19N3O5/c1-5-23-17-10-12-6-8-13(9-7-12)16(3)14(21)19(24-11(2)20)15(22)18(16)4/h6-10H,5H2,1-4H3. The molecule has 0 aliphatic carbocycles. The van der Waals surface area contributed by atoms with Crippen LogP contribution in [0.15, 0.2) is 29.4 Å². The lowest BCUT2D eigenvalue weighted by Gasteiger charge is -2.28. The number of carbonyl (C=O) groups excluding carboxylic acids is 3. The van der Waals surface area contributed by atoms with Crippen LogP contribution in [0.1, 0.15) is 31.9 Å². The topological polar surface area (TPSA) is 88.5 Å². The van der Waals surface area contributed by atoms with Gasteiger partial charge in [0, 0.05) is 14.0 Å². The first kappa shape index (κ1) is 17.5. The van der Waals surface area contributed by atoms with Gasteiger partial charge in [-0.15, -0.1) is 0 Å². The van der Waals surface area contributed by atoms with Crippen molar-refractivity contribution >= 4 is 24.1 Å². The second-order valence-electron chi connectivity index (χ2n) is 5.37. The molecule has 0 radical (unpaired) electrons. The zero-order valence-electron chi connectivity index (χ0n) is 14.0. The average molecular weight is 333 g/mol. The molecule has 1 aliphatic rings. The summed E-state index contributed by atoms with van der Waals surface area (Å²) in [6.07, 6.45) is 1.55. The van der Waals surface area contributed by atoms with Gasteiger partial charge in [0.2, 0.25) is 0 Å². The van der Waals surface area contributed by atoms with Crippen molar-refractivity contribution in [1.29, 1.82) is 0 Å². The fourth-order valence-corrected chi connectivity index (χ4v) is 2.35. The fraction of sp³-hybridized carbons (Fsp3) is 0.375. The van der Waals surface area contributed by atoms with Crippen LogP contribution in [0.2, 0.25) is 0 Å². The smallest absolute Gasteiger partial charge is 0.361 e. The molecule has 8 nitrogen and oxygen atoms in total. The van der Waals surface area contributed by atoms with E-state index >= 15 is 0 Å². The highest BCUT2D eigenvalue weighted by atomic mass is 16.7. The van der Waals surface area contributed by atoms with E-state index in [9.17, 15) is 14.4 Å². The molecule has 0 N–H and O–H groups in total. The molecule has 1 aromatic carbocycles. The number of hydroxylamine groups is 2. The number of oxime groups is 1. The van der Waals surface area contributed by atoms with Gasteiger partial charge in [-0.3, -0.25) is 4.79 Å². The van der Waals surface area contributed by atoms with E-state index in [0.717, 1.165) is 12.5 Å². The summed E-state index contributed by atoms with van der Waals surface area (Å²) in [5.41, 5.74) is 0.112. The summed E-state index contributed by atoms with van der Waals surface area (Å²) in [7, 11) is 1.48. The normalized spacial score (nSPS) is 20.8. The van der Waals surface area contributed by atoms with Crippen molar-refractivity contribution in [2.24, 2.45) is 5.16 Å². The highest BCUT2D eigenvalue weighted by Crippen LogP contribution is 2.36. The summed E-state index contributed by atoms with van der Waals surface area (Å²) in [5, 5.41) is 4.26. The number of carbonyl (C=O) groups is 3. The van der Waals surface area contributed by atoms with Crippen LogP contribution in [-0.4, -0.2) is 47.7 Å². The predicted octanol–water partition coefficient (Wildman–Crippen LogP) is 1.64. The summed E-state index contributed by atoms with van der Waals surface area (Å²) < 4.78 is 0. The molecule has 1 fully saturated rings. The third-order valence-corrected chi connectivity index (χ3v) is 3.83. The van der Waals surface area contributed by atoms with Gasteiger partial charge in [0.05, 0.1) is 6.21 Å². The maximum Gasteiger partial charge on any atom is 0.361 e. The molecule has 0 bridgehead atoms. The van der Waals surface area contributed by atoms with Gasteiger partial charge in [0.15, 0.2) is 0 Å². The van der Waals surface area contributed by atoms with Gasteiger partial charge in [0.1, 0.15) is 12.1 Å². The van der Waals surface area contributed by atoms with E-state index in [4.69, 9.17) is 9.68 Å². The lowest BCUT2D eigenvalue weighted by molar-refractivity contribution is -0.182. The van der Waals surface area contributed by atoms with Crippen LogP contribution < -0.4 is 0 Å². The largest absolute Gasteiger partial charge is 0.396 e. The average Bonchev–Trinajstić information content (AvgIpc) is 2.72. The summed E-state index contributed by atoms with van der Waals surface area (Å²) in [4.78, 5) is 46.8. The van der Waals surface area contributed by atoms with Gasteiger partial charge >= 0.3 is 12.0 Å². The maximum absolute atomic E-state index is 12.6. The molecule has 8 heteroatoms. The summed E-state index contributed by atoms with van der Waals surface area (Å²) >= 11 is 0. The number of nitrogens with zero attached hydrogens (tertiary/aromatic N) is 3. The number of hydrogen-bond donors (Lipinski definition) is 0. The van der Waals surface area contributed by atoms with Crippen molar-refractivity contribution in [2.45, 2.75) is 26.3 Å². The molecule has 1 saturated heterocycles. The van der Waals surface area contributed by atoms with Crippen LogP contribution in [0.25, 0.3) is 0 Å². The van der Waals surface area contributed by atoms with Crippen LogP contribution in [0.4, 0.5) is 4.79 Å². The van der Waals surface area contributed by atoms with Gasteiger partial charge in [-0.05, 0) is 25.0 Å². The van der Waals surface area contributed by atoms with Crippen molar-refractivity contribution in [2.75, 3.05) is 13.7 Å². The SMILES string of the molecule is CCON=Cc1ccc(C2(C)C(=O)N(OC(C)=O)C(=O)N2C)cc1. The minimum atomic E-state index is -1.26. The van der Waals surface area contributed by atoms with Crippen molar-refractivity contribution in [1.82, 2.24) is 9.96 Å². The second kappa shape index (κ2) is 6.69. The molecule has 0 spiro atoms. The fourth-order valence-electron chi connectivity index (χ4n) is 2.35. The third kappa shape index (κ3) is 2.94. The van der Waals surface area contributed by atoms with Gasteiger partial charge in [0.25, 0.3) is 5.91 Å². The minimum Gasteiger partial charge on any atom is -0.396 e. The molecule has 0 aromatic heterocycles. The van der Waals surface area contributed by atoms with Crippen molar-refractivity contribution in [3.63, 3.8) is 0 Å². The molecule has 1 aliphatic heterocycles. The maximum atomic E-state index is 12.6. The molecule has 0 saturated carbocycles. The molecule has 3 amide bonds. The van der Waals surface area contributed by atoms with E-state index in [1.165, 1.54) is 11.9 Å². The first-order valence-electron chi connectivity index (χ1n) is 7.39. The number of urea groups is 1. The molecule has 24 heavy (non-hydrogen) atoms. The molecule has 1 atom stereocenters. The Kier molecular flexibility index (Phi) is 4.87. The van der Waals surface area contributed by atoms with E-state index in [1.54, 1.807) is 37.4 Å². The van der Waals surface area contributed by atoms with Crippen LogP contribution in [0.3, 0.4) is 0 Å². The highest BCUT2D eigenvalue weighted by molar-refractivity contribution is 6.06. The number of likely N-dealkylation sites (N-methyl/N-ethyl adjacent to an activating group) is 1. The van der Waals surface area contributed by atoms with Crippen LogP contribution in [-0.2, 0) is 24.8 Å². The van der Waals surface area contributed by atoms with Gasteiger partial charge in [-0.2, -0.15) is 0 Å². The number of rotatable bonds is 5. The number of hydrogen-bond acceptors (Lipinski definition) is 6. The van der Waals surface area contributed by atoms with Crippen LogP contribution in [0.5, 0.6) is 0 Å². The Hall–Kier alpha value is -2.90. The van der Waals surface area contributed by atoms with Gasteiger partial charge < -0.3 is 14.6 Å². The Labute approximate surface area is 139 Å². The number of imide groups is 1. The number of benzene rings is 1. The van der Waals surface area contributed by atoms with Gasteiger partial charge in [-0.1, -0.05) is 34.5 Å². The first-order valence-corrected chi connectivity index (χ1v) is 7.39. The zero-order chi connectivity index (χ0) is 17.9. The molecule has 1 heterocycles. The molecular formula is C16H19N3O5. The highest BCUT2D eigenvalue weighted by Gasteiger charge is 2.55. The predicted molar refractivity (Wildman–Crippen MR) is 84.8 cm³/mol. The Bertz CT molecular complexity index is 685. The quantitative estimate of drug-likeness (QED) is 0.464. The van der Waals surface area contributed by atoms with Crippen LogP contribution in [0, 0.1) is 0 Å². The summed E-state index contributed by atoms with van der Waals surface area (Å²) in [6.45, 7) is 5.03. The van der Waals surface area contributed by atoms with Crippen molar-refractivity contribution in [3.05, 3.63) is 35.4 Å². The lowest BCUT2D eigenvalue weighted by Crippen LogP contribution is -2.42. The first-order chi connectivity index (χ1) is 11.3. The Morgan fingerprint density at radius 1 is 1.29 bits per heavy atom. The number of amides is 3. The second-order valence-corrected chi connectivity index (χ2v) is 5.37. The van der Waals surface area contributed by atoms with E-state index in [0.29, 0.717) is 17.2 Å². The van der Waals surface area contributed by atoms with E-state index < -0.39 is 23.4 Å². The van der Waals surface area contributed by atoms with Crippen LogP contribution >= 0.6 is 0 Å². The van der Waals surface area contributed by atoms with Crippen molar-refractivity contribution < 1.29 is 24.1 Å². The minimum absolute atomic E-state index is 0.472. The van der Waals surface area contributed by atoms with E-state index in [1.807, 2.05) is 6.92 Å². The zero-order valence-corrected chi connectivity index (χ0v) is 14.0. The third-order valence-electron chi connectivity index (χ3n) is 3.83. The Balaban J connectivity index is 2.30. The van der Waals surface area contributed by atoms with Gasteiger partial charge in [-0.25, -0.2) is 9.59 Å². The molecule has 1 aromatic rings.